The summed E-state index contributed by atoms with van der Waals surface area (Å²) in [6, 6.07) is -0.180. The third kappa shape index (κ3) is 2.16. The smallest absolute Gasteiger partial charge is 0.230 e. The molecule has 0 saturated heterocycles. The van der Waals surface area contributed by atoms with Crippen LogP contribution in [-0.2, 0) is 4.79 Å². The Morgan fingerprint density at radius 2 is 2.33 bits per heavy atom. The van der Waals surface area contributed by atoms with Crippen molar-refractivity contribution in [1.82, 2.24) is 4.90 Å². The van der Waals surface area contributed by atoms with Gasteiger partial charge in [-0.15, -0.1) is 0 Å². The SMILES string of the molecule is CC(CO)N(C)C(=O)C1(C)CCCC1N. The van der Waals surface area contributed by atoms with E-state index in [1.165, 1.54) is 0 Å². The van der Waals surface area contributed by atoms with Crippen molar-refractivity contribution in [2.75, 3.05) is 13.7 Å². The fourth-order valence-corrected chi connectivity index (χ4v) is 2.18. The van der Waals surface area contributed by atoms with Gasteiger partial charge >= 0.3 is 0 Å². The van der Waals surface area contributed by atoms with Crippen LogP contribution in [0.15, 0.2) is 0 Å². The van der Waals surface area contributed by atoms with E-state index in [0.29, 0.717) is 0 Å². The molecule has 15 heavy (non-hydrogen) atoms. The molecule has 3 atom stereocenters. The predicted octanol–water partition coefficient (Wildman–Crippen LogP) is 0.343. The lowest BCUT2D eigenvalue weighted by Crippen LogP contribution is -2.51. The zero-order chi connectivity index (χ0) is 11.6. The van der Waals surface area contributed by atoms with Crippen molar-refractivity contribution >= 4 is 5.91 Å². The summed E-state index contributed by atoms with van der Waals surface area (Å²) >= 11 is 0. The number of hydrogen-bond acceptors (Lipinski definition) is 3. The third-order valence-electron chi connectivity index (χ3n) is 3.76. The molecule has 1 fully saturated rings. The molecule has 0 aromatic heterocycles. The van der Waals surface area contributed by atoms with Crippen molar-refractivity contribution in [3.8, 4) is 0 Å². The predicted molar refractivity (Wildman–Crippen MR) is 59.3 cm³/mol. The standard InChI is InChI=1S/C11H22N2O2/c1-8(7-14)13(3)10(15)11(2)6-4-5-9(11)12/h8-9,14H,4-7,12H2,1-3H3. The van der Waals surface area contributed by atoms with Crippen LogP contribution in [-0.4, -0.2) is 41.7 Å². The Morgan fingerprint density at radius 3 is 2.73 bits per heavy atom. The van der Waals surface area contributed by atoms with E-state index in [0.717, 1.165) is 19.3 Å². The van der Waals surface area contributed by atoms with Gasteiger partial charge in [-0.2, -0.15) is 0 Å². The summed E-state index contributed by atoms with van der Waals surface area (Å²) in [6.07, 6.45) is 2.80. The lowest BCUT2D eigenvalue weighted by atomic mass is 9.83. The molecule has 1 rings (SSSR count). The number of carbonyl (C=O) groups is 1. The van der Waals surface area contributed by atoms with Crippen LogP contribution < -0.4 is 5.73 Å². The van der Waals surface area contributed by atoms with E-state index in [9.17, 15) is 4.79 Å². The zero-order valence-electron chi connectivity index (χ0n) is 9.86. The highest BCUT2D eigenvalue weighted by molar-refractivity contribution is 5.83. The number of hydrogen-bond donors (Lipinski definition) is 2. The second kappa shape index (κ2) is 4.49. The molecular formula is C11H22N2O2. The molecule has 4 heteroatoms. The molecule has 3 unspecified atom stereocenters. The van der Waals surface area contributed by atoms with Crippen LogP contribution in [0.3, 0.4) is 0 Å². The van der Waals surface area contributed by atoms with Crippen LogP contribution in [0.25, 0.3) is 0 Å². The zero-order valence-corrected chi connectivity index (χ0v) is 9.86. The molecule has 0 aromatic carbocycles. The van der Waals surface area contributed by atoms with E-state index >= 15 is 0 Å². The van der Waals surface area contributed by atoms with Crippen LogP contribution in [0.2, 0.25) is 0 Å². The Hall–Kier alpha value is -0.610. The van der Waals surface area contributed by atoms with Crippen LogP contribution in [0, 0.1) is 5.41 Å². The van der Waals surface area contributed by atoms with E-state index in [-0.39, 0.29) is 24.6 Å². The van der Waals surface area contributed by atoms with Crippen LogP contribution >= 0.6 is 0 Å². The lowest BCUT2D eigenvalue weighted by molar-refractivity contribution is -0.142. The number of aliphatic hydroxyl groups is 1. The normalized spacial score (nSPS) is 32.7. The first-order chi connectivity index (χ1) is 6.93. The first kappa shape index (κ1) is 12.5. The highest BCUT2D eigenvalue weighted by Crippen LogP contribution is 2.38. The molecule has 1 aliphatic carbocycles. The van der Waals surface area contributed by atoms with Gasteiger partial charge in [0.2, 0.25) is 5.91 Å². The highest BCUT2D eigenvalue weighted by Gasteiger charge is 2.44. The summed E-state index contributed by atoms with van der Waals surface area (Å²) in [7, 11) is 1.74. The summed E-state index contributed by atoms with van der Waals surface area (Å²) in [4.78, 5) is 13.8. The molecule has 0 heterocycles. The Morgan fingerprint density at radius 1 is 1.73 bits per heavy atom. The molecule has 4 nitrogen and oxygen atoms in total. The Labute approximate surface area is 91.4 Å². The number of carbonyl (C=O) groups excluding carboxylic acids is 1. The topological polar surface area (TPSA) is 66.6 Å². The minimum Gasteiger partial charge on any atom is -0.394 e. The van der Waals surface area contributed by atoms with Gasteiger partial charge in [-0.05, 0) is 26.7 Å². The second-order valence-corrected chi connectivity index (χ2v) is 4.86. The van der Waals surface area contributed by atoms with E-state index in [4.69, 9.17) is 10.8 Å². The van der Waals surface area contributed by atoms with Gasteiger partial charge in [0.05, 0.1) is 18.1 Å². The minimum atomic E-state index is -0.432. The molecule has 0 radical (unpaired) electrons. The van der Waals surface area contributed by atoms with Crippen LogP contribution in [0.5, 0.6) is 0 Å². The summed E-state index contributed by atoms with van der Waals surface area (Å²) < 4.78 is 0. The van der Waals surface area contributed by atoms with Crippen molar-refractivity contribution < 1.29 is 9.90 Å². The maximum Gasteiger partial charge on any atom is 0.230 e. The maximum atomic E-state index is 12.2. The summed E-state index contributed by atoms with van der Waals surface area (Å²) in [6.45, 7) is 3.77. The van der Waals surface area contributed by atoms with Gasteiger partial charge < -0.3 is 15.7 Å². The Kier molecular flexibility index (Phi) is 3.73. The third-order valence-corrected chi connectivity index (χ3v) is 3.76. The van der Waals surface area contributed by atoms with Crippen LogP contribution in [0.1, 0.15) is 33.1 Å². The Balaban J connectivity index is 2.75. The summed E-state index contributed by atoms with van der Waals surface area (Å²) in [5.41, 5.74) is 5.55. The average molecular weight is 214 g/mol. The van der Waals surface area contributed by atoms with Crippen molar-refractivity contribution in [3.05, 3.63) is 0 Å². The minimum absolute atomic E-state index is 0.00639. The lowest BCUT2D eigenvalue weighted by Gasteiger charge is -2.34. The number of aliphatic hydroxyl groups excluding tert-OH is 1. The fraction of sp³-hybridized carbons (Fsp3) is 0.909. The van der Waals surface area contributed by atoms with Gasteiger partial charge in [0.25, 0.3) is 0 Å². The van der Waals surface area contributed by atoms with Gasteiger partial charge in [-0.1, -0.05) is 6.42 Å². The van der Waals surface area contributed by atoms with Crippen molar-refractivity contribution in [1.29, 1.82) is 0 Å². The average Bonchev–Trinajstić information content (AvgIpc) is 2.57. The monoisotopic (exact) mass is 214 g/mol. The summed E-state index contributed by atoms with van der Waals surface area (Å²) in [5, 5.41) is 9.02. The number of likely N-dealkylation sites (N-methyl/N-ethyl adjacent to an activating group) is 1. The van der Waals surface area contributed by atoms with E-state index in [2.05, 4.69) is 0 Å². The van der Waals surface area contributed by atoms with Crippen molar-refractivity contribution in [3.63, 3.8) is 0 Å². The summed E-state index contributed by atoms with van der Waals surface area (Å²) in [5.74, 6) is 0.0639. The molecule has 0 bridgehead atoms. The largest absolute Gasteiger partial charge is 0.394 e. The van der Waals surface area contributed by atoms with Gasteiger partial charge in [0.1, 0.15) is 0 Å². The molecule has 3 N–H and O–H groups in total. The highest BCUT2D eigenvalue weighted by atomic mass is 16.3. The van der Waals surface area contributed by atoms with Gasteiger partial charge in [0, 0.05) is 13.1 Å². The molecule has 1 saturated carbocycles. The van der Waals surface area contributed by atoms with Gasteiger partial charge in [-0.25, -0.2) is 0 Å². The molecule has 1 amide bonds. The molecule has 1 aliphatic rings. The number of nitrogens with two attached hydrogens (primary N) is 1. The number of amides is 1. The number of nitrogens with zero attached hydrogens (tertiary/aromatic N) is 1. The van der Waals surface area contributed by atoms with Crippen molar-refractivity contribution in [2.45, 2.75) is 45.2 Å². The molecular weight excluding hydrogens is 192 g/mol. The van der Waals surface area contributed by atoms with E-state index < -0.39 is 5.41 Å². The first-order valence-corrected chi connectivity index (χ1v) is 5.57. The molecule has 0 spiro atoms. The Bertz CT molecular complexity index is 245. The number of rotatable bonds is 3. The maximum absolute atomic E-state index is 12.2. The molecule has 0 aliphatic heterocycles. The van der Waals surface area contributed by atoms with Gasteiger partial charge in [0.15, 0.2) is 0 Å². The van der Waals surface area contributed by atoms with Crippen LogP contribution in [0.4, 0.5) is 0 Å². The fourth-order valence-electron chi connectivity index (χ4n) is 2.18. The van der Waals surface area contributed by atoms with Gasteiger partial charge in [-0.3, -0.25) is 4.79 Å². The second-order valence-electron chi connectivity index (χ2n) is 4.86. The quantitative estimate of drug-likeness (QED) is 0.712. The van der Waals surface area contributed by atoms with E-state index in [1.807, 2.05) is 13.8 Å². The molecule has 0 aromatic rings. The molecule has 88 valence electrons. The van der Waals surface area contributed by atoms with Crippen molar-refractivity contribution in [2.24, 2.45) is 11.1 Å². The first-order valence-electron chi connectivity index (χ1n) is 5.57. The van der Waals surface area contributed by atoms with E-state index in [1.54, 1.807) is 11.9 Å².